The Morgan fingerprint density at radius 2 is 2.58 bits per heavy atom. The van der Waals surface area contributed by atoms with Crippen molar-refractivity contribution in [2.75, 3.05) is 13.2 Å². The number of aromatic nitrogens is 2. The Hall–Kier alpha value is -0.870. The molecule has 0 fully saturated rings. The van der Waals surface area contributed by atoms with E-state index in [2.05, 4.69) is 22.4 Å². The number of nitrogens with zero attached hydrogens (tertiary/aromatic N) is 1. The van der Waals surface area contributed by atoms with Crippen molar-refractivity contribution in [3.63, 3.8) is 0 Å². The molecule has 0 saturated carbocycles. The van der Waals surface area contributed by atoms with Gasteiger partial charge in [0.25, 0.3) is 0 Å². The fourth-order valence-electron chi connectivity index (χ4n) is 1.02. The van der Waals surface area contributed by atoms with Gasteiger partial charge in [0.1, 0.15) is 0 Å². The molecule has 4 heteroatoms. The molecule has 0 saturated heterocycles. The van der Waals surface area contributed by atoms with E-state index in [1.165, 1.54) is 0 Å². The molecule has 0 aliphatic carbocycles. The molecule has 3 N–H and O–H groups in total. The minimum Gasteiger partial charge on any atom is -0.396 e. The summed E-state index contributed by atoms with van der Waals surface area (Å²) in [7, 11) is 0. The monoisotopic (exact) mass is 169 g/mol. The molecule has 68 valence electrons. The number of rotatable bonds is 5. The van der Waals surface area contributed by atoms with E-state index in [-0.39, 0.29) is 12.6 Å². The van der Waals surface area contributed by atoms with E-state index in [1.54, 1.807) is 6.20 Å². The highest BCUT2D eigenvalue weighted by molar-refractivity contribution is 5.02. The molecule has 0 aliphatic heterocycles. The van der Waals surface area contributed by atoms with Crippen LogP contribution in [-0.2, 0) is 0 Å². The quantitative estimate of drug-likeness (QED) is 0.561. The topological polar surface area (TPSA) is 60.9 Å². The van der Waals surface area contributed by atoms with E-state index < -0.39 is 0 Å². The molecule has 1 aromatic rings. The summed E-state index contributed by atoms with van der Waals surface area (Å²) >= 11 is 0. The summed E-state index contributed by atoms with van der Waals surface area (Å²) in [4.78, 5) is 0. The molecule has 0 amide bonds. The van der Waals surface area contributed by atoms with Gasteiger partial charge in [0.15, 0.2) is 0 Å². The Morgan fingerprint density at radius 1 is 1.75 bits per heavy atom. The maximum absolute atomic E-state index is 8.55. The molecular formula is C8H15N3O. The minimum absolute atomic E-state index is 0.239. The van der Waals surface area contributed by atoms with E-state index in [9.17, 15) is 0 Å². The van der Waals surface area contributed by atoms with Crippen LogP contribution in [0.25, 0.3) is 0 Å². The van der Waals surface area contributed by atoms with Crippen molar-refractivity contribution in [3.8, 4) is 0 Å². The second-order valence-electron chi connectivity index (χ2n) is 2.76. The van der Waals surface area contributed by atoms with Gasteiger partial charge in [-0.25, -0.2) is 0 Å². The molecule has 0 bridgehead atoms. The maximum atomic E-state index is 8.55. The number of aliphatic hydroxyl groups is 1. The number of aromatic amines is 1. The summed E-state index contributed by atoms with van der Waals surface area (Å²) in [6.45, 7) is 3.13. The van der Waals surface area contributed by atoms with Crippen LogP contribution in [0.1, 0.15) is 25.1 Å². The molecule has 0 aliphatic rings. The number of H-pyrrole nitrogens is 1. The second-order valence-corrected chi connectivity index (χ2v) is 2.76. The second kappa shape index (κ2) is 4.90. The zero-order valence-electron chi connectivity index (χ0n) is 7.25. The van der Waals surface area contributed by atoms with Crippen LogP contribution in [0.4, 0.5) is 0 Å². The minimum atomic E-state index is 0.239. The first kappa shape index (κ1) is 9.22. The van der Waals surface area contributed by atoms with E-state index in [0.717, 1.165) is 18.7 Å². The van der Waals surface area contributed by atoms with Crippen molar-refractivity contribution in [2.24, 2.45) is 0 Å². The molecular weight excluding hydrogens is 154 g/mol. The van der Waals surface area contributed by atoms with Crippen molar-refractivity contribution < 1.29 is 5.11 Å². The van der Waals surface area contributed by atoms with Gasteiger partial charge in [-0.15, -0.1) is 0 Å². The fraction of sp³-hybridized carbons (Fsp3) is 0.625. The van der Waals surface area contributed by atoms with Gasteiger partial charge in [0, 0.05) is 18.8 Å². The lowest BCUT2D eigenvalue weighted by molar-refractivity contribution is 0.283. The lowest BCUT2D eigenvalue weighted by atomic mass is 10.2. The molecule has 1 atom stereocenters. The van der Waals surface area contributed by atoms with Gasteiger partial charge in [-0.05, 0) is 26.0 Å². The Morgan fingerprint density at radius 3 is 3.17 bits per heavy atom. The molecule has 0 radical (unpaired) electrons. The zero-order chi connectivity index (χ0) is 8.81. The van der Waals surface area contributed by atoms with Gasteiger partial charge in [-0.2, -0.15) is 5.10 Å². The Kier molecular flexibility index (Phi) is 3.76. The first-order valence-corrected chi connectivity index (χ1v) is 4.18. The maximum Gasteiger partial charge on any atom is 0.0518 e. The third kappa shape index (κ3) is 2.64. The van der Waals surface area contributed by atoms with Crippen LogP contribution >= 0.6 is 0 Å². The zero-order valence-corrected chi connectivity index (χ0v) is 7.25. The molecule has 4 nitrogen and oxygen atoms in total. The average molecular weight is 169 g/mol. The highest BCUT2D eigenvalue weighted by Crippen LogP contribution is 2.06. The Balaban J connectivity index is 2.25. The molecule has 12 heavy (non-hydrogen) atoms. The van der Waals surface area contributed by atoms with Gasteiger partial charge in [-0.1, -0.05) is 0 Å². The summed E-state index contributed by atoms with van der Waals surface area (Å²) in [6.07, 6.45) is 2.53. The van der Waals surface area contributed by atoms with Gasteiger partial charge in [0.05, 0.1) is 5.69 Å². The predicted octanol–water partition coefficient (Wildman–Crippen LogP) is 0.443. The van der Waals surface area contributed by atoms with Gasteiger partial charge >= 0.3 is 0 Å². The number of hydrogen-bond acceptors (Lipinski definition) is 3. The Labute approximate surface area is 72.0 Å². The van der Waals surface area contributed by atoms with Crippen LogP contribution in [0.3, 0.4) is 0 Å². The molecule has 0 spiro atoms. The highest BCUT2D eigenvalue weighted by Gasteiger charge is 2.03. The lowest BCUT2D eigenvalue weighted by Crippen LogP contribution is -2.20. The van der Waals surface area contributed by atoms with Crippen LogP contribution in [0.5, 0.6) is 0 Å². The van der Waals surface area contributed by atoms with Gasteiger partial charge < -0.3 is 10.4 Å². The first-order chi connectivity index (χ1) is 5.84. The first-order valence-electron chi connectivity index (χ1n) is 4.18. The van der Waals surface area contributed by atoms with Crippen LogP contribution in [0.15, 0.2) is 12.3 Å². The number of hydrogen-bond donors (Lipinski definition) is 3. The molecule has 1 aromatic heterocycles. The van der Waals surface area contributed by atoms with E-state index in [0.29, 0.717) is 0 Å². The fourth-order valence-corrected chi connectivity index (χ4v) is 1.02. The smallest absolute Gasteiger partial charge is 0.0518 e. The van der Waals surface area contributed by atoms with Crippen LogP contribution in [0.2, 0.25) is 0 Å². The van der Waals surface area contributed by atoms with Crippen molar-refractivity contribution in [1.82, 2.24) is 15.5 Å². The number of aliphatic hydroxyl groups excluding tert-OH is 1. The van der Waals surface area contributed by atoms with Gasteiger partial charge in [-0.3, -0.25) is 5.10 Å². The molecule has 0 aromatic carbocycles. The SMILES string of the molecule is CC(NCCCO)c1ccn[nH]1. The molecule has 1 heterocycles. The van der Waals surface area contributed by atoms with Crippen molar-refractivity contribution in [1.29, 1.82) is 0 Å². The summed E-state index contributed by atoms with van der Waals surface area (Å²) in [5, 5.41) is 18.6. The summed E-state index contributed by atoms with van der Waals surface area (Å²) in [5.74, 6) is 0. The number of nitrogens with one attached hydrogen (secondary N) is 2. The average Bonchev–Trinajstić information content (AvgIpc) is 2.56. The summed E-state index contributed by atoms with van der Waals surface area (Å²) in [5.41, 5.74) is 1.08. The van der Waals surface area contributed by atoms with Crippen LogP contribution < -0.4 is 5.32 Å². The van der Waals surface area contributed by atoms with E-state index in [4.69, 9.17) is 5.11 Å². The normalized spacial score (nSPS) is 13.2. The summed E-state index contributed by atoms with van der Waals surface area (Å²) < 4.78 is 0. The van der Waals surface area contributed by atoms with Gasteiger partial charge in [0.2, 0.25) is 0 Å². The molecule has 1 unspecified atom stereocenters. The summed E-state index contributed by atoms with van der Waals surface area (Å²) in [6, 6.07) is 2.22. The molecule has 1 rings (SSSR count). The highest BCUT2D eigenvalue weighted by atomic mass is 16.3. The van der Waals surface area contributed by atoms with Crippen LogP contribution in [-0.4, -0.2) is 28.5 Å². The van der Waals surface area contributed by atoms with E-state index >= 15 is 0 Å². The Bertz CT molecular complexity index is 198. The standard InChI is InChI=1S/C8H15N3O/c1-7(9-4-2-6-12)8-3-5-10-11-8/h3,5,7,9,12H,2,4,6H2,1H3,(H,10,11). The largest absolute Gasteiger partial charge is 0.396 e. The van der Waals surface area contributed by atoms with Crippen molar-refractivity contribution in [3.05, 3.63) is 18.0 Å². The third-order valence-electron chi connectivity index (χ3n) is 1.77. The van der Waals surface area contributed by atoms with Crippen molar-refractivity contribution in [2.45, 2.75) is 19.4 Å². The van der Waals surface area contributed by atoms with E-state index in [1.807, 2.05) is 6.07 Å². The lowest BCUT2D eigenvalue weighted by Gasteiger charge is -2.10. The van der Waals surface area contributed by atoms with Crippen LogP contribution in [0, 0.1) is 0 Å². The predicted molar refractivity (Wildman–Crippen MR) is 46.7 cm³/mol. The van der Waals surface area contributed by atoms with Crippen molar-refractivity contribution >= 4 is 0 Å². The third-order valence-corrected chi connectivity index (χ3v) is 1.77.